The van der Waals surface area contributed by atoms with Crippen molar-refractivity contribution in [3.8, 4) is 0 Å². The lowest BCUT2D eigenvalue weighted by molar-refractivity contribution is -0.135. The molecule has 2 fully saturated rings. The molecule has 5 rings (SSSR count). The summed E-state index contributed by atoms with van der Waals surface area (Å²) in [6.45, 7) is 3.00. The quantitative estimate of drug-likeness (QED) is 0.797. The first kappa shape index (κ1) is 20.4. The Morgan fingerprint density at radius 2 is 1.97 bits per heavy atom. The van der Waals surface area contributed by atoms with Gasteiger partial charge in [-0.05, 0) is 44.6 Å². The number of aromatic amines is 1. The van der Waals surface area contributed by atoms with Gasteiger partial charge in [-0.15, -0.1) is 0 Å². The van der Waals surface area contributed by atoms with E-state index in [0.29, 0.717) is 24.8 Å². The fourth-order valence-electron chi connectivity index (χ4n) is 5.52. The summed E-state index contributed by atoms with van der Waals surface area (Å²) in [7, 11) is 0. The van der Waals surface area contributed by atoms with Crippen LogP contribution in [0.25, 0.3) is 0 Å². The van der Waals surface area contributed by atoms with Crippen molar-refractivity contribution >= 4 is 5.91 Å². The Morgan fingerprint density at radius 1 is 1.13 bits per heavy atom. The van der Waals surface area contributed by atoms with E-state index >= 15 is 0 Å². The van der Waals surface area contributed by atoms with E-state index in [-0.39, 0.29) is 17.5 Å². The summed E-state index contributed by atoms with van der Waals surface area (Å²) >= 11 is 0. The number of aromatic nitrogens is 4. The fraction of sp³-hybridized carbons (Fsp3) is 0.652. The molecule has 2 aliphatic heterocycles. The van der Waals surface area contributed by atoms with Crippen LogP contribution in [0.5, 0.6) is 0 Å². The topological polar surface area (TPSA) is 87.1 Å². The van der Waals surface area contributed by atoms with Gasteiger partial charge in [-0.25, -0.2) is 4.98 Å². The Kier molecular flexibility index (Phi) is 5.89. The summed E-state index contributed by atoms with van der Waals surface area (Å²) in [4.78, 5) is 38.4. The molecule has 1 aliphatic carbocycles. The first-order chi connectivity index (χ1) is 15.2. The molecule has 1 saturated carbocycles. The number of amides is 1. The lowest BCUT2D eigenvalue weighted by atomic mass is 9.99. The summed E-state index contributed by atoms with van der Waals surface area (Å²) in [6.07, 6.45) is 12.8. The molecule has 31 heavy (non-hydrogen) atoms. The van der Waals surface area contributed by atoms with Crippen molar-refractivity contribution in [2.75, 3.05) is 13.1 Å². The number of carbonyl (C=O) groups excluding carboxylic acids is 1. The zero-order valence-corrected chi connectivity index (χ0v) is 18.1. The standard InChI is InChI=1S/C23H32N6O2/c30-21(10-15-28-12-5-11-24-28)29-13-4-3-8-20(29)22-25-19-16-27(17-6-1-2-7-17)14-9-18(19)23(31)26-22/h5,11-12,17,20H,1-4,6-10,13-16H2,(H,25,26,31). The molecular weight excluding hydrogens is 392 g/mol. The molecule has 1 N–H and O–H groups in total. The maximum Gasteiger partial charge on any atom is 0.254 e. The molecule has 1 amide bonds. The van der Waals surface area contributed by atoms with Gasteiger partial charge in [0.2, 0.25) is 5.91 Å². The predicted molar refractivity (Wildman–Crippen MR) is 116 cm³/mol. The van der Waals surface area contributed by atoms with Crippen LogP contribution in [0.4, 0.5) is 0 Å². The number of nitrogens with one attached hydrogen (secondary N) is 1. The number of nitrogens with zero attached hydrogens (tertiary/aromatic N) is 5. The molecule has 0 radical (unpaired) electrons. The molecule has 1 unspecified atom stereocenters. The second kappa shape index (κ2) is 8.94. The molecule has 8 heteroatoms. The van der Waals surface area contributed by atoms with E-state index in [4.69, 9.17) is 4.98 Å². The fourth-order valence-corrected chi connectivity index (χ4v) is 5.52. The molecule has 8 nitrogen and oxygen atoms in total. The highest BCUT2D eigenvalue weighted by atomic mass is 16.2. The number of aryl methyl sites for hydroxylation is 1. The van der Waals surface area contributed by atoms with E-state index in [0.717, 1.165) is 56.6 Å². The van der Waals surface area contributed by atoms with Gasteiger partial charge < -0.3 is 9.88 Å². The van der Waals surface area contributed by atoms with Gasteiger partial charge in [-0.3, -0.25) is 19.2 Å². The van der Waals surface area contributed by atoms with Crippen molar-refractivity contribution < 1.29 is 4.79 Å². The Labute approximate surface area is 182 Å². The number of H-pyrrole nitrogens is 1. The normalized spacial score (nSPS) is 22.6. The second-order valence-electron chi connectivity index (χ2n) is 9.15. The van der Waals surface area contributed by atoms with Crippen LogP contribution < -0.4 is 5.56 Å². The predicted octanol–water partition coefficient (Wildman–Crippen LogP) is 2.41. The Hall–Kier alpha value is -2.48. The summed E-state index contributed by atoms with van der Waals surface area (Å²) in [6, 6.07) is 2.36. The SMILES string of the molecule is O=C(CCn1cccn1)N1CCCCC1c1nc2c(c(=O)[nH]1)CCN(C1CCCC1)C2. The van der Waals surface area contributed by atoms with E-state index in [9.17, 15) is 9.59 Å². The molecule has 0 spiro atoms. The average Bonchev–Trinajstić information content (AvgIpc) is 3.51. The first-order valence-corrected chi connectivity index (χ1v) is 11.8. The maximum atomic E-state index is 13.0. The van der Waals surface area contributed by atoms with Gasteiger partial charge in [0.15, 0.2) is 0 Å². The van der Waals surface area contributed by atoms with E-state index in [1.165, 1.54) is 25.7 Å². The molecule has 0 aromatic carbocycles. The largest absolute Gasteiger partial charge is 0.332 e. The van der Waals surface area contributed by atoms with Crippen LogP contribution in [0, 0.1) is 0 Å². The summed E-state index contributed by atoms with van der Waals surface area (Å²) in [5.74, 6) is 0.775. The van der Waals surface area contributed by atoms with Gasteiger partial charge in [0, 0.05) is 56.6 Å². The highest BCUT2D eigenvalue weighted by Crippen LogP contribution is 2.31. The minimum absolute atomic E-state index is 0.0133. The molecule has 1 atom stereocenters. The molecule has 4 heterocycles. The van der Waals surface area contributed by atoms with Gasteiger partial charge in [0.25, 0.3) is 5.56 Å². The van der Waals surface area contributed by atoms with Crippen LogP contribution in [0.2, 0.25) is 0 Å². The third kappa shape index (κ3) is 4.31. The van der Waals surface area contributed by atoms with Crippen LogP contribution in [0.3, 0.4) is 0 Å². The summed E-state index contributed by atoms with van der Waals surface area (Å²) in [5, 5.41) is 4.19. The maximum absolute atomic E-state index is 13.0. The molecule has 2 aromatic rings. The van der Waals surface area contributed by atoms with Crippen molar-refractivity contribution in [2.45, 2.75) is 83.0 Å². The van der Waals surface area contributed by atoms with E-state index < -0.39 is 0 Å². The minimum Gasteiger partial charge on any atom is -0.332 e. The van der Waals surface area contributed by atoms with Gasteiger partial charge >= 0.3 is 0 Å². The molecule has 3 aliphatic rings. The van der Waals surface area contributed by atoms with Crippen LogP contribution in [-0.2, 0) is 24.3 Å². The number of hydrogen-bond donors (Lipinski definition) is 1. The summed E-state index contributed by atoms with van der Waals surface area (Å²) in [5.41, 5.74) is 1.75. The second-order valence-corrected chi connectivity index (χ2v) is 9.15. The average molecular weight is 425 g/mol. The molecule has 1 saturated heterocycles. The van der Waals surface area contributed by atoms with E-state index in [1.54, 1.807) is 10.9 Å². The third-order valence-electron chi connectivity index (χ3n) is 7.22. The molecule has 2 aromatic heterocycles. The number of carbonyl (C=O) groups is 1. The van der Waals surface area contributed by atoms with Gasteiger partial charge in [-0.1, -0.05) is 12.8 Å². The zero-order chi connectivity index (χ0) is 21.2. The Bertz CT molecular complexity index is 963. The monoisotopic (exact) mass is 424 g/mol. The smallest absolute Gasteiger partial charge is 0.254 e. The van der Waals surface area contributed by atoms with Crippen molar-refractivity contribution in [1.29, 1.82) is 0 Å². The minimum atomic E-state index is -0.140. The van der Waals surface area contributed by atoms with Crippen LogP contribution >= 0.6 is 0 Å². The van der Waals surface area contributed by atoms with Crippen LogP contribution in [0.15, 0.2) is 23.3 Å². The van der Waals surface area contributed by atoms with Gasteiger partial charge in [0.05, 0.1) is 11.7 Å². The van der Waals surface area contributed by atoms with Crippen molar-refractivity contribution in [3.05, 3.63) is 45.9 Å². The van der Waals surface area contributed by atoms with Crippen molar-refractivity contribution in [3.63, 3.8) is 0 Å². The molecule has 0 bridgehead atoms. The Balaban J connectivity index is 1.35. The summed E-state index contributed by atoms with van der Waals surface area (Å²) < 4.78 is 1.79. The highest BCUT2D eigenvalue weighted by Gasteiger charge is 2.32. The number of rotatable bonds is 5. The lowest BCUT2D eigenvalue weighted by Gasteiger charge is -2.36. The van der Waals surface area contributed by atoms with Gasteiger partial charge in [0.1, 0.15) is 5.82 Å². The molecule has 166 valence electrons. The third-order valence-corrected chi connectivity index (χ3v) is 7.22. The highest BCUT2D eigenvalue weighted by molar-refractivity contribution is 5.76. The number of likely N-dealkylation sites (tertiary alicyclic amines) is 1. The number of hydrogen-bond acceptors (Lipinski definition) is 5. The molecular formula is C23H32N6O2. The van der Waals surface area contributed by atoms with Gasteiger partial charge in [-0.2, -0.15) is 5.10 Å². The Morgan fingerprint density at radius 3 is 2.77 bits per heavy atom. The van der Waals surface area contributed by atoms with Crippen molar-refractivity contribution in [1.82, 2.24) is 29.5 Å². The van der Waals surface area contributed by atoms with Crippen LogP contribution in [-0.4, -0.2) is 54.6 Å². The number of piperidine rings is 1. The van der Waals surface area contributed by atoms with E-state index in [2.05, 4.69) is 15.0 Å². The zero-order valence-electron chi connectivity index (χ0n) is 18.1. The van der Waals surface area contributed by atoms with Crippen LogP contribution in [0.1, 0.15) is 74.5 Å². The number of fused-ring (bicyclic) bond motifs is 1. The van der Waals surface area contributed by atoms with Crippen molar-refractivity contribution in [2.24, 2.45) is 0 Å². The lowest BCUT2D eigenvalue weighted by Crippen LogP contribution is -2.43. The van der Waals surface area contributed by atoms with E-state index in [1.807, 2.05) is 17.2 Å². The first-order valence-electron chi connectivity index (χ1n) is 11.8.